The molecule has 1 fully saturated rings. The van der Waals surface area contributed by atoms with Crippen molar-refractivity contribution in [3.05, 3.63) is 23.8 Å². The third-order valence-electron chi connectivity index (χ3n) is 4.98. The molecule has 1 saturated heterocycles. The molecule has 1 aliphatic heterocycles. The molecule has 1 aliphatic rings. The average Bonchev–Trinajstić information content (AvgIpc) is 2.56. The van der Waals surface area contributed by atoms with E-state index >= 15 is 0 Å². The molecule has 1 aromatic rings. The Kier molecular flexibility index (Phi) is 7.64. The Labute approximate surface area is 157 Å². The molecule has 2 N–H and O–H groups in total. The van der Waals surface area contributed by atoms with Crippen molar-refractivity contribution in [2.45, 2.75) is 52.9 Å². The van der Waals surface area contributed by atoms with Crippen LogP contribution < -0.4 is 10.6 Å². The van der Waals surface area contributed by atoms with Gasteiger partial charge in [-0.05, 0) is 69.3 Å². The summed E-state index contributed by atoms with van der Waals surface area (Å²) in [5, 5.41) is 5.96. The lowest BCUT2D eigenvalue weighted by molar-refractivity contribution is -0.117. The molecule has 144 valence electrons. The number of benzene rings is 1. The second kappa shape index (κ2) is 9.72. The predicted octanol–water partition coefficient (Wildman–Crippen LogP) is 4.04. The van der Waals surface area contributed by atoms with Crippen LogP contribution in [0.1, 0.15) is 51.5 Å². The molecule has 5 heteroatoms. The molecule has 0 aromatic heterocycles. The first-order valence-corrected chi connectivity index (χ1v) is 9.73. The van der Waals surface area contributed by atoms with Crippen molar-refractivity contribution in [1.29, 1.82) is 0 Å². The van der Waals surface area contributed by atoms with Gasteiger partial charge in [0.25, 0.3) is 0 Å². The van der Waals surface area contributed by atoms with Crippen LogP contribution in [-0.4, -0.2) is 36.9 Å². The van der Waals surface area contributed by atoms with E-state index in [0.29, 0.717) is 24.7 Å². The van der Waals surface area contributed by atoms with E-state index in [4.69, 9.17) is 0 Å². The summed E-state index contributed by atoms with van der Waals surface area (Å²) in [5.41, 5.74) is 2.44. The average molecular weight is 360 g/mol. The number of rotatable bonds is 7. The van der Waals surface area contributed by atoms with Gasteiger partial charge in [-0.15, -0.1) is 0 Å². The Morgan fingerprint density at radius 3 is 2.46 bits per heavy atom. The van der Waals surface area contributed by atoms with E-state index in [1.807, 2.05) is 39.0 Å². The quantitative estimate of drug-likeness (QED) is 0.772. The number of anilines is 2. The zero-order chi connectivity index (χ0) is 19.1. The van der Waals surface area contributed by atoms with Crippen molar-refractivity contribution in [3.63, 3.8) is 0 Å². The minimum absolute atomic E-state index is 0.00740. The molecule has 26 heavy (non-hydrogen) atoms. The fourth-order valence-electron chi connectivity index (χ4n) is 3.54. The minimum Gasteiger partial charge on any atom is -0.326 e. The fraction of sp³-hybridized carbons (Fsp3) is 0.619. The van der Waals surface area contributed by atoms with Crippen LogP contribution in [-0.2, 0) is 9.59 Å². The van der Waals surface area contributed by atoms with Crippen molar-refractivity contribution >= 4 is 23.2 Å². The van der Waals surface area contributed by atoms with Gasteiger partial charge in [0.05, 0.1) is 0 Å². The van der Waals surface area contributed by atoms with Crippen LogP contribution in [0.4, 0.5) is 11.4 Å². The molecule has 1 unspecified atom stereocenters. The summed E-state index contributed by atoms with van der Waals surface area (Å²) in [4.78, 5) is 26.7. The van der Waals surface area contributed by atoms with Crippen LogP contribution in [0.15, 0.2) is 18.2 Å². The smallest absolute Gasteiger partial charge is 0.224 e. The van der Waals surface area contributed by atoms with Crippen LogP contribution in [0.2, 0.25) is 0 Å². The van der Waals surface area contributed by atoms with Gasteiger partial charge in [0.1, 0.15) is 0 Å². The lowest BCUT2D eigenvalue weighted by atomic mass is 9.93. The Hall–Kier alpha value is -1.88. The molecule has 0 radical (unpaired) electrons. The van der Waals surface area contributed by atoms with Gasteiger partial charge in [-0.25, -0.2) is 0 Å². The zero-order valence-corrected chi connectivity index (χ0v) is 16.6. The molecular weight excluding hydrogens is 326 g/mol. The van der Waals surface area contributed by atoms with Gasteiger partial charge in [0.15, 0.2) is 0 Å². The van der Waals surface area contributed by atoms with Gasteiger partial charge in [0.2, 0.25) is 11.8 Å². The standard InChI is InChI=1S/C21H33N3O2/c1-15(2)13-21(26)23-19-9-5-8-18(16(19)3)22-20(25)11-10-17-7-6-12-24(4)14-17/h5,8-9,15,17H,6-7,10-14H2,1-4H3,(H,22,25)(H,23,26). The van der Waals surface area contributed by atoms with E-state index in [9.17, 15) is 9.59 Å². The highest BCUT2D eigenvalue weighted by molar-refractivity contribution is 5.95. The highest BCUT2D eigenvalue weighted by atomic mass is 16.2. The molecule has 0 saturated carbocycles. The second-order valence-corrected chi connectivity index (χ2v) is 7.98. The van der Waals surface area contributed by atoms with Crippen molar-refractivity contribution in [3.8, 4) is 0 Å². The number of likely N-dealkylation sites (tertiary alicyclic amines) is 1. The lowest BCUT2D eigenvalue weighted by Crippen LogP contribution is -2.32. The Morgan fingerprint density at radius 2 is 1.85 bits per heavy atom. The number of carbonyl (C=O) groups is 2. The van der Waals surface area contributed by atoms with Crippen molar-refractivity contribution in [2.75, 3.05) is 30.8 Å². The van der Waals surface area contributed by atoms with Gasteiger partial charge in [0, 0.05) is 30.8 Å². The van der Waals surface area contributed by atoms with E-state index in [0.717, 1.165) is 36.4 Å². The number of piperidine rings is 1. The summed E-state index contributed by atoms with van der Waals surface area (Å²) in [6.45, 7) is 8.22. The maximum Gasteiger partial charge on any atom is 0.224 e. The molecule has 0 aliphatic carbocycles. The number of nitrogens with zero attached hydrogens (tertiary/aromatic N) is 1. The van der Waals surface area contributed by atoms with Crippen molar-refractivity contribution in [2.24, 2.45) is 11.8 Å². The number of carbonyl (C=O) groups excluding carboxylic acids is 2. The van der Waals surface area contributed by atoms with Crippen LogP contribution in [0, 0.1) is 18.8 Å². The van der Waals surface area contributed by atoms with Gasteiger partial charge >= 0.3 is 0 Å². The molecule has 1 heterocycles. The summed E-state index contributed by atoms with van der Waals surface area (Å²) in [6.07, 6.45) is 4.40. The van der Waals surface area contributed by atoms with Gasteiger partial charge in [-0.3, -0.25) is 9.59 Å². The zero-order valence-electron chi connectivity index (χ0n) is 16.6. The lowest BCUT2D eigenvalue weighted by Gasteiger charge is -2.29. The number of amides is 2. The van der Waals surface area contributed by atoms with Crippen molar-refractivity contribution in [1.82, 2.24) is 4.90 Å². The highest BCUT2D eigenvalue weighted by Crippen LogP contribution is 2.25. The summed E-state index contributed by atoms with van der Waals surface area (Å²) < 4.78 is 0. The van der Waals surface area contributed by atoms with E-state index in [2.05, 4.69) is 22.6 Å². The summed E-state index contributed by atoms with van der Waals surface area (Å²) in [5.74, 6) is 0.985. The molecule has 0 bridgehead atoms. The van der Waals surface area contributed by atoms with Gasteiger partial charge < -0.3 is 15.5 Å². The Bertz CT molecular complexity index is 628. The third-order valence-corrected chi connectivity index (χ3v) is 4.98. The Morgan fingerprint density at radius 1 is 1.19 bits per heavy atom. The number of hydrogen-bond donors (Lipinski definition) is 2. The Balaban J connectivity index is 1.89. The second-order valence-electron chi connectivity index (χ2n) is 7.98. The topological polar surface area (TPSA) is 61.4 Å². The third kappa shape index (κ3) is 6.45. The molecule has 1 atom stereocenters. The highest BCUT2D eigenvalue weighted by Gasteiger charge is 2.18. The normalized spacial score (nSPS) is 18.0. The number of nitrogens with one attached hydrogen (secondary N) is 2. The monoisotopic (exact) mass is 359 g/mol. The van der Waals surface area contributed by atoms with Crippen molar-refractivity contribution < 1.29 is 9.59 Å². The van der Waals surface area contributed by atoms with Gasteiger partial charge in [-0.1, -0.05) is 19.9 Å². The number of hydrogen-bond acceptors (Lipinski definition) is 3. The van der Waals surface area contributed by atoms with E-state index < -0.39 is 0 Å². The molecule has 1 aromatic carbocycles. The minimum atomic E-state index is 0.00740. The molecular formula is C21H33N3O2. The first kappa shape index (κ1) is 20.4. The van der Waals surface area contributed by atoms with E-state index in [1.165, 1.54) is 12.8 Å². The summed E-state index contributed by atoms with van der Waals surface area (Å²) >= 11 is 0. The van der Waals surface area contributed by atoms with Crippen LogP contribution in [0.5, 0.6) is 0 Å². The summed E-state index contributed by atoms with van der Waals surface area (Å²) in [7, 11) is 2.15. The fourth-order valence-corrected chi connectivity index (χ4v) is 3.54. The molecule has 2 amide bonds. The maximum absolute atomic E-state index is 12.4. The van der Waals surface area contributed by atoms with Crippen LogP contribution in [0.25, 0.3) is 0 Å². The predicted molar refractivity (Wildman–Crippen MR) is 107 cm³/mol. The molecule has 0 spiro atoms. The summed E-state index contributed by atoms with van der Waals surface area (Å²) in [6, 6.07) is 5.63. The maximum atomic E-state index is 12.4. The SMILES string of the molecule is Cc1c(NC(=O)CCC2CCCN(C)C2)cccc1NC(=O)CC(C)C. The van der Waals surface area contributed by atoms with Crippen LogP contribution >= 0.6 is 0 Å². The van der Waals surface area contributed by atoms with E-state index in [1.54, 1.807) is 0 Å². The first-order chi connectivity index (χ1) is 12.3. The van der Waals surface area contributed by atoms with Crippen LogP contribution in [0.3, 0.4) is 0 Å². The largest absolute Gasteiger partial charge is 0.326 e. The van der Waals surface area contributed by atoms with Gasteiger partial charge in [-0.2, -0.15) is 0 Å². The first-order valence-electron chi connectivity index (χ1n) is 9.73. The van der Waals surface area contributed by atoms with E-state index in [-0.39, 0.29) is 11.8 Å². The molecule has 2 rings (SSSR count). The molecule has 5 nitrogen and oxygen atoms in total.